The van der Waals surface area contributed by atoms with Gasteiger partial charge in [-0.2, -0.15) is 4.31 Å². The van der Waals surface area contributed by atoms with Crippen molar-refractivity contribution >= 4 is 21.6 Å². The second kappa shape index (κ2) is 6.46. The first-order valence-electron chi connectivity index (χ1n) is 10.2. The molecule has 1 aromatic carbocycles. The highest BCUT2D eigenvalue weighted by Crippen LogP contribution is 2.62. The Morgan fingerprint density at radius 3 is 2.46 bits per heavy atom. The van der Waals surface area contributed by atoms with Crippen LogP contribution in [0.3, 0.4) is 0 Å². The Hall–Kier alpha value is -1.60. The molecule has 154 valence electrons. The molecule has 3 atom stereocenters. The third-order valence-corrected chi connectivity index (χ3v) is 9.43. The molecular formula is C21H31N3O3S. The third kappa shape index (κ3) is 2.86. The minimum atomic E-state index is -3.58. The molecule has 1 amide bonds. The zero-order valence-corrected chi connectivity index (χ0v) is 18.0. The molecule has 3 fully saturated rings. The lowest BCUT2D eigenvalue weighted by atomic mass is 9.68. The fraction of sp³-hybridized carbons (Fsp3) is 0.667. The highest BCUT2D eigenvalue weighted by molar-refractivity contribution is 7.89. The van der Waals surface area contributed by atoms with Crippen molar-refractivity contribution in [3.8, 4) is 0 Å². The summed E-state index contributed by atoms with van der Waals surface area (Å²) in [5.74, 6) is 0.450. The Kier molecular flexibility index (Phi) is 4.54. The first-order valence-corrected chi connectivity index (χ1v) is 11.7. The van der Waals surface area contributed by atoms with Gasteiger partial charge >= 0.3 is 0 Å². The van der Waals surface area contributed by atoms with Crippen LogP contribution in [0.4, 0.5) is 5.69 Å². The molecule has 6 nitrogen and oxygen atoms in total. The van der Waals surface area contributed by atoms with Crippen molar-refractivity contribution in [1.82, 2.24) is 9.62 Å². The van der Waals surface area contributed by atoms with Gasteiger partial charge in [-0.3, -0.25) is 4.79 Å². The summed E-state index contributed by atoms with van der Waals surface area (Å²) in [5, 5.41) is 6.21. The van der Waals surface area contributed by atoms with Crippen LogP contribution in [0.5, 0.6) is 0 Å². The molecule has 2 N–H and O–H groups in total. The predicted molar refractivity (Wildman–Crippen MR) is 110 cm³/mol. The standard InChI is InChI=1S/C21H31N3O3S/c1-20(2)15-8-9-21(3,13-15)19(20)23-18(25)14-6-7-16(22-4)17(12-14)28(26,27)24-10-5-11-24/h6-7,12,15,19,22H,5,8-11,13H2,1-4H3,(H,23,25)/t15-,19?,21?/m1/s1. The van der Waals surface area contributed by atoms with E-state index in [1.165, 1.54) is 16.8 Å². The molecule has 4 rings (SSSR count). The number of sulfonamides is 1. The fourth-order valence-electron chi connectivity index (χ4n) is 5.63. The summed E-state index contributed by atoms with van der Waals surface area (Å²) in [5.41, 5.74) is 1.11. The van der Waals surface area contributed by atoms with E-state index in [0.717, 1.165) is 19.3 Å². The minimum absolute atomic E-state index is 0.0557. The topological polar surface area (TPSA) is 78.5 Å². The largest absolute Gasteiger partial charge is 0.387 e. The normalized spacial score (nSPS) is 31.4. The van der Waals surface area contributed by atoms with Gasteiger partial charge in [-0.05, 0) is 60.6 Å². The monoisotopic (exact) mass is 405 g/mol. The van der Waals surface area contributed by atoms with E-state index in [9.17, 15) is 13.2 Å². The second-order valence-electron chi connectivity index (χ2n) is 9.54. The molecule has 2 bridgehead atoms. The molecule has 7 heteroatoms. The number of rotatable bonds is 5. The van der Waals surface area contributed by atoms with Crippen LogP contribution < -0.4 is 10.6 Å². The van der Waals surface area contributed by atoms with Gasteiger partial charge in [0.15, 0.2) is 0 Å². The number of nitrogens with zero attached hydrogens (tertiary/aromatic N) is 1. The van der Waals surface area contributed by atoms with Crippen molar-refractivity contribution in [3.05, 3.63) is 23.8 Å². The molecule has 2 saturated carbocycles. The SMILES string of the molecule is CNc1ccc(C(=O)NC2C3(C)CC[C@H](C3)C2(C)C)cc1S(=O)(=O)N1CCC1. The van der Waals surface area contributed by atoms with Gasteiger partial charge in [0.05, 0.1) is 5.69 Å². The summed E-state index contributed by atoms with van der Waals surface area (Å²) in [7, 11) is -1.88. The van der Waals surface area contributed by atoms with E-state index in [-0.39, 0.29) is 27.7 Å². The van der Waals surface area contributed by atoms with Crippen molar-refractivity contribution in [2.75, 3.05) is 25.5 Å². The van der Waals surface area contributed by atoms with Crippen LogP contribution in [0.15, 0.2) is 23.1 Å². The molecule has 1 aliphatic heterocycles. The van der Waals surface area contributed by atoms with Gasteiger partial charge in [-0.15, -0.1) is 0 Å². The van der Waals surface area contributed by atoms with E-state index in [2.05, 4.69) is 31.4 Å². The maximum atomic E-state index is 13.1. The number of hydrogen-bond donors (Lipinski definition) is 2. The lowest BCUT2D eigenvalue weighted by Gasteiger charge is -2.43. The predicted octanol–water partition coefficient (Wildman–Crippen LogP) is 3.07. The molecule has 28 heavy (non-hydrogen) atoms. The number of hydrogen-bond acceptors (Lipinski definition) is 4. The zero-order chi connectivity index (χ0) is 20.3. The lowest BCUT2D eigenvalue weighted by Crippen LogP contribution is -2.52. The molecule has 2 unspecified atom stereocenters. The van der Waals surface area contributed by atoms with Crippen LogP contribution >= 0.6 is 0 Å². The molecule has 1 heterocycles. The molecule has 0 spiro atoms. The Labute approximate surface area is 168 Å². The van der Waals surface area contributed by atoms with Crippen LogP contribution in [-0.4, -0.2) is 44.8 Å². The van der Waals surface area contributed by atoms with Gasteiger partial charge in [-0.1, -0.05) is 20.8 Å². The highest BCUT2D eigenvalue weighted by Gasteiger charge is 2.59. The number of carbonyl (C=O) groups is 1. The molecule has 1 saturated heterocycles. The van der Waals surface area contributed by atoms with E-state index >= 15 is 0 Å². The van der Waals surface area contributed by atoms with Gasteiger partial charge in [0, 0.05) is 31.7 Å². The Balaban J connectivity index is 1.63. The first-order chi connectivity index (χ1) is 13.1. The maximum absolute atomic E-state index is 13.1. The number of benzene rings is 1. The van der Waals surface area contributed by atoms with Gasteiger partial charge in [0.2, 0.25) is 10.0 Å². The van der Waals surface area contributed by atoms with Crippen LogP contribution in [-0.2, 0) is 10.0 Å². The number of fused-ring (bicyclic) bond motifs is 2. The summed E-state index contributed by atoms with van der Waals surface area (Å²) in [4.78, 5) is 13.3. The Morgan fingerprint density at radius 1 is 1.21 bits per heavy atom. The van der Waals surface area contributed by atoms with E-state index in [0.29, 0.717) is 30.3 Å². The maximum Gasteiger partial charge on any atom is 0.251 e. The van der Waals surface area contributed by atoms with E-state index < -0.39 is 10.0 Å². The fourth-order valence-corrected chi connectivity index (χ4v) is 7.37. The van der Waals surface area contributed by atoms with Crippen molar-refractivity contribution in [1.29, 1.82) is 0 Å². The Morgan fingerprint density at radius 2 is 1.93 bits per heavy atom. The molecule has 3 aliphatic rings. The molecule has 0 radical (unpaired) electrons. The smallest absolute Gasteiger partial charge is 0.251 e. The minimum Gasteiger partial charge on any atom is -0.387 e. The summed E-state index contributed by atoms with van der Waals surface area (Å²) in [6.45, 7) is 7.85. The molecule has 0 aromatic heterocycles. The summed E-state index contributed by atoms with van der Waals surface area (Å²) in [6, 6.07) is 5.02. The van der Waals surface area contributed by atoms with E-state index in [1.807, 2.05) is 0 Å². The van der Waals surface area contributed by atoms with Crippen LogP contribution in [0.1, 0.15) is 56.8 Å². The van der Waals surface area contributed by atoms with Gasteiger partial charge in [0.1, 0.15) is 4.90 Å². The van der Waals surface area contributed by atoms with Gasteiger partial charge < -0.3 is 10.6 Å². The zero-order valence-electron chi connectivity index (χ0n) is 17.2. The second-order valence-corrected chi connectivity index (χ2v) is 11.4. The lowest BCUT2D eigenvalue weighted by molar-refractivity contribution is 0.0737. The quantitative estimate of drug-likeness (QED) is 0.789. The van der Waals surface area contributed by atoms with Crippen molar-refractivity contribution in [2.45, 2.75) is 57.4 Å². The summed E-state index contributed by atoms with van der Waals surface area (Å²) >= 11 is 0. The first kappa shape index (κ1) is 19.7. The average Bonchev–Trinajstić information content (AvgIpc) is 3.07. The van der Waals surface area contributed by atoms with Crippen LogP contribution in [0, 0.1) is 16.7 Å². The van der Waals surface area contributed by atoms with Gasteiger partial charge in [-0.25, -0.2) is 8.42 Å². The van der Waals surface area contributed by atoms with Gasteiger partial charge in [0.25, 0.3) is 5.91 Å². The highest BCUT2D eigenvalue weighted by atomic mass is 32.2. The van der Waals surface area contributed by atoms with Crippen molar-refractivity contribution in [3.63, 3.8) is 0 Å². The Bertz CT molecular complexity index is 903. The van der Waals surface area contributed by atoms with Crippen molar-refractivity contribution < 1.29 is 13.2 Å². The number of anilines is 1. The molecular weight excluding hydrogens is 374 g/mol. The van der Waals surface area contributed by atoms with Crippen LogP contribution in [0.2, 0.25) is 0 Å². The van der Waals surface area contributed by atoms with Crippen molar-refractivity contribution in [2.24, 2.45) is 16.7 Å². The molecule has 1 aromatic rings. The average molecular weight is 406 g/mol. The van der Waals surface area contributed by atoms with E-state index in [4.69, 9.17) is 0 Å². The summed E-state index contributed by atoms with van der Waals surface area (Å²) in [6.07, 6.45) is 4.40. The summed E-state index contributed by atoms with van der Waals surface area (Å²) < 4.78 is 27.3. The number of nitrogens with one attached hydrogen (secondary N) is 2. The number of carbonyl (C=O) groups excluding carboxylic acids is 1. The van der Waals surface area contributed by atoms with E-state index in [1.54, 1.807) is 19.2 Å². The molecule has 2 aliphatic carbocycles. The van der Waals surface area contributed by atoms with Crippen LogP contribution in [0.25, 0.3) is 0 Å². The third-order valence-electron chi connectivity index (χ3n) is 7.49. The number of amides is 1.